The van der Waals surface area contributed by atoms with Crippen molar-refractivity contribution in [3.05, 3.63) is 18.0 Å². The van der Waals surface area contributed by atoms with Crippen molar-refractivity contribution in [3.8, 4) is 0 Å². The fourth-order valence-corrected chi connectivity index (χ4v) is 2.00. The zero-order chi connectivity index (χ0) is 10.2. The van der Waals surface area contributed by atoms with Gasteiger partial charge in [-0.1, -0.05) is 0 Å². The smallest absolute Gasteiger partial charge is 0.0527 e. The summed E-state index contributed by atoms with van der Waals surface area (Å²) in [7, 11) is 0. The van der Waals surface area contributed by atoms with Crippen LogP contribution in [0.4, 0.5) is 0 Å². The van der Waals surface area contributed by atoms with Gasteiger partial charge in [0.05, 0.1) is 6.20 Å². The molecule has 3 nitrogen and oxygen atoms in total. The Balaban J connectivity index is 2.16. The summed E-state index contributed by atoms with van der Waals surface area (Å²) < 4.78 is 2.03. The van der Waals surface area contributed by atoms with Gasteiger partial charge in [0.1, 0.15) is 0 Å². The SMILES string of the molecule is CC(C)n1cc(C2(CCN)CC2)cn1. The zero-order valence-corrected chi connectivity index (χ0v) is 9.03. The highest BCUT2D eigenvalue weighted by molar-refractivity contribution is 5.26. The molecule has 0 radical (unpaired) electrons. The van der Waals surface area contributed by atoms with Crippen molar-refractivity contribution >= 4 is 0 Å². The minimum atomic E-state index is 0.391. The molecule has 0 amide bonds. The summed E-state index contributed by atoms with van der Waals surface area (Å²) in [5, 5.41) is 4.38. The molecule has 3 heteroatoms. The number of aromatic nitrogens is 2. The summed E-state index contributed by atoms with van der Waals surface area (Å²) in [6.07, 6.45) is 7.88. The van der Waals surface area contributed by atoms with Crippen molar-refractivity contribution in [2.45, 2.75) is 44.6 Å². The lowest BCUT2D eigenvalue weighted by Crippen LogP contribution is -2.12. The van der Waals surface area contributed by atoms with Gasteiger partial charge >= 0.3 is 0 Å². The summed E-state index contributed by atoms with van der Waals surface area (Å²) >= 11 is 0. The Morgan fingerprint density at radius 1 is 1.57 bits per heavy atom. The predicted octanol–water partition coefficient (Wildman–Crippen LogP) is 1.84. The van der Waals surface area contributed by atoms with Crippen LogP contribution in [0.5, 0.6) is 0 Å². The monoisotopic (exact) mass is 193 g/mol. The average molecular weight is 193 g/mol. The Morgan fingerprint density at radius 2 is 2.29 bits per heavy atom. The van der Waals surface area contributed by atoms with Gasteiger partial charge in [-0.25, -0.2) is 0 Å². The minimum Gasteiger partial charge on any atom is -0.330 e. The molecule has 1 aromatic rings. The van der Waals surface area contributed by atoms with Gasteiger partial charge in [-0.3, -0.25) is 4.68 Å². The predicted molar refractivity (Wildman–Crippen MR) is 57.2 cm³/mol. The number of nitrogens with two attached hydrogens (primary N) is 1. The van der Waals surface area contributed by atoms with E-state index < -0.39 is 0 Å². The summed E-state index contributed by atoms with van der Waals surface area (Å²) in [5.74, 6) is 0. The third-order valence-corrected chi connectivity index (χ3v) is 3.22. The van der Waals surface area contributed by atoms with Gasteiger partial charge < -0.3 is 5.73 Å². The molecule has 0 aliphatic heterocycles. The molecule has 1 fully saturated rings. The molecular formula is C11H19N3. The van der Waals surface area contributed by atoms with Crippen LogP contribution in [0.2, 0.25) is 0 Å². The molecule has 0 saturated heterocycles. The lowest BCUT2D eigenvalue weighted by Gasteiger charge is -2.11. The summed E-state index contributed by atoms with van der Waals surface area (Å²) in [6.45, 7) is 5.09. The van der Waals surface area contributed by atoms with Crippen molar-refractivity contribution in [3.63, 3.8) is 0 Å². The van der Waals surface area contributed by atoms with E-state index in [0.29, 0.717) is 11.5 Å². The molecule has 1 aliphatic rings. The van der Waals surface area contributed by atoms with Gasteiger partial charge in [-0.2, -0.15) is 5.10 Å². The Bertz CT molecular complexity index is 310. The normalized spacial score (nSPS) is 18.9. The van der Waals surface area contributed by atoms with Gasteiger partial charge in [0.2, 0.25) is 0 Å². The Kier molecular flexibility index (Phi) is 2.35. The van der Waals surface area contributed by atoms with Crippen molar-refractivity contribution < 1.29 is 0 Å². The topological polar surface area (TPSA) is 43.8 Å². The van der Waals surface area contributed by atoms with Crippen LogP contribution < -0.4 is 5.73 Å². The fraction of sp³-hybridized carbons (Fsp3) is 0.727. The highest BCUT2D eigenvalue weighted by Crippen LogP contribution is 2.50. The Hall–Kier alpha value is -0.830. The van der Waals surface area contributed by atoms with Crippen LogP contribution in [0.3, 0.4) is 0 Å². The molecule has 1 heterocycles. The summed E-state index contributed by atoms with van der Waals surface area (Å²) in [4.78, 5) is 0. The molecule has 78 valence electrons. The molecule has 2 N–H and O–H groups in total. The molecule has 0 atom stereocenters. The van der Waals surface area contributed by atoms with Crippen LogP contribution in [0.15, 0.2) is 12.4 Å². The van der Waals surface area contributed by atoms with Gasteiger partial charge in [0.25, 0.3) is 0 Å². The maximum Gasteiger partial charge on any atom is 0.0527 e. The molecule has 1 aromatic heterocycles. The first-order chi connectivity index (χ1) is 6.68. The van der Waals surface area contributed by atoms with E-state index >= 15 is 0 Å². The molecule has 2 rings (SSSR count). The summed E-state index contributed by atoms with van der Waals surface area (Å²) in [6, 6.07) is 0.456. The quantitative estimate of drug-likeness (QED) is 0.793. The highest BCUT2D eigenvalue weighted by atomic mass is 15.3. The lowest BCUT2D eigenvalue weighted by molar-refractivity contribution is 0.530. The Labute approximate surface area is 85.3 Å². The van der Waals surface area contributed by atoms with Crippen LogP contribution in [0.25, 0.3) is 0 Å². The maximum atomic E-state index is 5.63. The average Bonchev–Trinajstić information content (AvgIpc) is 2.77. The molecule has 0 bridgehead atoms. The maximum absolute atomic E-state index is 5.63. The molecule has 1 saturated carbocycles. The van der Waals surface area contributed by atoms with Gasteiger partial charge in [0.15, 0.2) is 0 Å². The standard InChI is InChI=1S/C11H19N3/c1-9(2)14-8-10(7-13-14)11(3-4-11)5-6-12/h7-9H,3-6,12H2,1-2H3. The third-order valence-electron chi connectivity index (χ3n) is 3.22. The van der Waals surface area contributed by atoms with Crippen LogP contribution in [0, 0.1) is 0 Å². The van der Waals surface area contributed by atoms with Gasteiger partial charge in [-0.15, -0.1) is 0 Å². The zero-order valence-electron chi connectivity index (χ0n) is 9.03. The van der Waals surface area contributed by atoms with Crippen LogP contribution in [0.1, 0.15) is 44.7 Å². The molecule has 14 heavy (non-hydrogen) atoms. The van der Waals surface area contributed by atoms with Gasteiger partial charge in [-0.05, 0) is 50.6 Å². The Morgan fingerprint density at radius 3 is 2.71 bits per heavy atom. The van der Waals surface area contributed by atoms with E-state index in [4.69, 9.17) is 5.73 Å². The number of rotatable bonds is 4. The van der Waals surface area contributed by atoms with E-state index in [-0.39, 0.29) is 0 Å². The van der Waals surface area contributed by atoms with E-state index in [2.05, 4.69) is 25.1 Å². The minimum absolute atomic E-state index is 0.391. The molecule has 0 aromatic carbocycles. The van der Waals surface area contributed by atoms with E-state index in [1.54, 1.807) is 0 Å². The van der Waals surface area contributed by atoms with Crippen molar-refractivity contribution in [1.29, 1.82) is 0 Å². The van der Waals surface area contributed by atoms with E-state index in [1.165, 1.54) is 18.4 Å². The van der Waals surface area contributed by atoms with Crippen LogP contribution in [-0.2, 0) is 5.41 Å². The van der Waals surface area contributed by atoms with E-state index in [9.17, 15) is 0 Å². The van der Waals surface area contributed by atoms with Crippen molar-refractivity contribution in [2.75, 3.05) is 6.54 Å². The molecule has 0 spiro atoms. The van der Waals surface area contributed by atoms with Crippen molar-refractivity contribution in [1.82, 2.24) is 9.78 Å². The van der Waals surface area contributed by atoms with Gasteiger partial charge in [0, 0.05) is 12.2 Å². The first kappa shape index (κ1) is 9.71. The van der Waals surface area contributed by atoms with E-state index in [1.807, 2.05) is 10.9 Å². The first-order valence-electron chi connectivity index (χ1n) is 5.43. The summed E-state index contributed by atoms with van der Waals surface area (Å²) in [5.41, 5.74) is 7.41. The second-order valence-corrected chi connectivity index (χ2v) is 4.62. The third kappa shape index (κ3) is 1.57. The molecule has 0 unspecified atom stereocenters. The van der Waals surface area contributed by atoms with Crippen molar-refractivity contribution in [2.24, 2.45) is 5.73 Å². The molecule has 1 aliphatic carbocycles. The van der Waals surface area contributed by atoms with Crippen LogP contribution in [-0.4, -0.2) is 16.3 Å². The van der Waals surface area contributed by atoms with Crippen LogP contribution >= 0.6 is 0 Å². The fourth-order valence-electron chi connectivity index (χ4n) is 2.00. The second-order valence-electron chi connectivity index (χ2n) is 4.62. The number of nitrogens with zero attached hydrogens (tertiary/aromatic N) is 2. The van der Waals surface area contributed by atoms with E-state index in [0.717, 1.165) is 13.0 Å². The highest BCUT2D eigenvalue weighted by Gasteiger charge is 2.44. The lowest BCUT2D eigenvalue weighted by atomic mass is 9.96. The number of hydrogen-bond donors (Lipinski definition) is 1. The first-order valence-corrected chi connectivity index (χ1v) is 5.43. The number of hydrogen-bond acceptors (Lipinski definition) is 2. The largest absolute Gasteiger partial charge is 0.330 e. The second kappa shape index (κ2) is 3.39. The molecular weight excluding hydrogens is 174 g/mol.